The highest BCUT2D eigenvalue weighted by Gasteiger charge is 2.28. The molecule has 120 valence electrons. The lowest BCUT2D eigenvalue weighted by molar-refractivity contribution is 0.0674. The number of carbonyl (C=O) groups excluding carboxylic acids is 1. The van der Waals surface area contributed by atoms with Gasteiger partial charge in [0.2, 0.25) is 0 Å². The lowest BCUT2D eigenvalue weighted by Gasteiger charge is -2.41. The number of nitrogens with zero attached hydrogens (tertiary/aromatic N) is 3. The van der Waals surface area contributed by atoms with E-state index in [2.05, 4.69) is 16.8 Å². The number of piperazine rings is 1. The monoisotopic (exact) mass is 349 g/mol. The van der Waals surface area contributed by atoms with E-state index in [1.165, 1.54) is 0 Å². The van der Waals surface area contributed by atoms with Crippen LogP contribution >= 0.6 is 23.2 Å². The number of benzene rings is 1. The predicted octanol–water partition coefficient (Wildman–Crippen LogP) is 3.74. The van der Waals surface area contributed by atoms with Gasteiger partial charge in [-0.15, -0.1) is 0 Å². The van der Waals surface area contributed by atoms with E-state index in [9.17, 15) is 4.79 Å². The molecule has 1 aliphatic rings. The summed E-state index contributed by atoms with van der Waals surface area (Å²) in [5.74, 6) is -0.0312. The Bertz CT molecular complexity index is 688. The van der Waals surface area contributed by atoms with E-state index in [0.29, 0.717) is 22.2 Å². The molecule has 1 aromatic heterocycles. The summed E-state index contributed by atoms with van der Waals surface area (Å²) in [5.41, 5.74) is 1.66. The van der Waals surface area contributed by atoms with E-state index in [1.807, 2.05) is 17.0 Å². The van der Waals surface area contributed by atoms with Gasteiger partial charge in [0, 0.05) is 59.4 Å². The molecule has 0 radical (unpaired) electrons. The Labute approximate surface area is 145 Å². The van der Waals surface area contributed by atoms with Crippen LogP contribution in [-0.2, 0) is 0 Å². The molecule has 4 nitrogen and oxygen atoms in total. The summed E-state index contributed by atoms with van der Waals surface area (Å²) in [6.07, 6.45) is 3.57. The third-order valence-corrected chi connectivity index (χ3v) is 4.46. The van der Waals surface area contributed by atoms with E-state index in [1.54, 1.807) is 30.6 Å². The van der Waals surface area contributed by atoms with Crippen LogP contribution in [0, 0.1) is 0 Å². The molecule has 1 atom stereocenters. The predicted molar refractivity (Wildman–Crippen MR) is 93.4 cm³/mol. The maximum Gasteiger partial charge on any atom is 0.254 e. The van der Waals surface area contributed by atoms with Gasteiger partial charge >= 0.3 is 0 Å². The van der Waals surface area contributed by atoms with Gasteiger partial charge in [-0.3, -0.25) is 9.78 Å². The second-order valence-electron chi connectivity index (χ2n) is 5.66. The fraction of sp³-hybridized carbons (Fsp3) is 0.294. The summed E-state index contributed by atoms with van der Waals surface area (Å²) in [7, 11) is 0. The lowest BCUT2D eigenvalue weighted by atomic mass is 10.1. The Morgan fingerprint density at radius 1 is 1.13 bits per heavy atom. The normalized spacial score (nSPS) is 18.1. The summed E-state index contributed by atoms with van der Waals surface area (Å²) >= 11 is 12.0. The van der Waals surface area contributed by atoms with E-state index in [-0.39, 0.29) is 11.9 Å². The summed E-state index contributed by atoms with van der Waals surface area (Å²) in [6, 6.07) is 9.03. The van der Waals surface area contributed by atoms with E-state index in [4.69, 9.17) is 23.2 Å². The fourth-order valence-electron chi connectivity index (χ4n) is 2.89. The minimum atomic E-state index is -0.0312. The van der Waals surface area contributed by atoms with Crippen LogP contribution in [0.2, 0.25) is 10.0 Å². The standard InChI is InChI=1S/C17H17Cl2N3O/c1-12-11-21(16-2-4-20-5-3-16)6-7-22(12)17(23)13-8-14(18)10-15(19)9-13/h2-5,8-10,12H,6-7,11H2,1H3. The van der Waals surface area contributed by atoms with Crippen molar-refractivity contribution in [2.24, 2.45) is 0 Å². The lowest BCUT2D eigenvalue weighted by Crippen LogP contribution is -2.54. The molecule has 1 aliphatic heterocycles. The molecule has 0 spiro atoms. The highest BCUT2D eigenvalue weighted by Crippen LogP contribution is 2.23. The maximum atomic E-state index is 12.7. The van der Waals surface area contributed by atoms with Crippen LogP contribution in [0.3, 0.4) is 0 Å². The molecule has 1 unspecified atom stereocenters. The number of rotatable bonds is 2. The minimum absolute atomic E-state index is 0.0312. The Hall–Kier alpha value is -1.78. The molecule has 1 saturated heterocycles. The minimum Gasteiger partial charge on any atom is -0.368 e. The first kappa shape index (κ1) is 16.1. The summed E-state index contributed by atoms with van der Waals surface area (Å²) in [6.45, 7) is 4.28. The van der Waals surface area contributed by atoms with Gasteiger partial charge in [-0.1, -0.05) is 23.2 Å². The molecule has 2 heterocycles. The maximum absolute atomic E-state index is 12.7. The summed E-state index contributed by atoms with van der Waals surface area (Å²) in [4.78, 5) is 20.9. The smallest absolute Gasteiger partial charge is 0.254 e. The first-order valence-electron chi connectivity index (χ1n) is 7.46. The van der Waals surface area contributed by atoms with Crippen LogP contribution in [0.15, 0.2) is 42.7 Å². The molecule has 23 heavy (non-hydrogen) atoms. The molecule has 6 heteroatoms. The molecule has 0 aliphatic carbocycles. The zero-order valence-corrected chi connectivity index (χ0v) is 14.3. The number of carbonyl (C=O) groups is 1. The van der Waals surface area contributed by atoms with Crippen molar-refractivity contribution in [3.8, 4) is 0 Å². The van der Waals surface area contributed by atoms with Crippen molar-refractivity contribution in [3.05, 3.63) is 58.3 Å². The van der Waals surface area contributed by atoms with Gasteiger partial charge in [0.05, 0.1) is 0 Å². The third-order valence-electron chi connectivity index (χ3n) is 4.03. The molecule has 1 fully saturated rings. The third kappa shape index (κ3) is 3.59. The number of hydrogen-bond acceptors (Lipinski definition) is 3. The van der Waals surface area contributed by atoms with Crippen LogP contribution in [0.1, 0.15) is 17.3 Å². The second-order valence-corrected chi connectivity index (χ2v) is 6.53. The van der Waals surface area contributed by atoms with Crippen LogP contribution in [-0.4, -0.2) is 41.5 Å². The molecule has 0 bridgehead atoms. The molecule has 1 aromatic carbocycles. The van der Waals surface area contributed by atoms with Crippen molar-refractivity contribution in [2.75, 3.05) is 24.5 Å². The second kappa shape index (κ2) is 6.77. The molecule has 1 amide bonds. The molecular formula is C17H17Cl2N3O. The van der Waals surface area contributed by atoms with Crippen molar-refractivity contribution in [1.29, 1.82) is 0 Å². The van der Waals surface area contributed by atoms with Gasteiger partial charge in [0.15, 0.2) is 0 Å². The molecule has 2 aromatic rings. The topological polar surface area (TPSA) is 36.4 Å². The number of amides is 1. The number of halogens is 2. The van der Waals surface area contributed by atoms with Crippen molar-refractivity contribution in [1.82, 2.24) is 9.88 Å². The zero-order chi connectivity index (χ0) is 16.4. The van der Waals surface area contributed by atoms with Crippen LogP contribution in [0.25, 0.3) is 0 Å². The number of pyridine rings is 1. The van der Waals surface area contributed by atoms with Gasteiger partial charge in [0.25, 0.3) is 5.91 Å². The Morgan fingerprint density at radius 2 is 1.78 bits per heavy atom. The summed E-state index contributed by atoms with van der Waals surface area (Å²) < 4.78 is 0. The first-order valence-corrected chi connectivity index (χ1v) is 8.22. The number of anilines is 1. The number of aromatic nitrogens is 1. The molecule has 0 saturated carbocycles. The molecule has 0 N–H and O–H groups in total. The van der Waals surface area contributed by atoms with Gasteiger partial charge in [-0.25, -0.2) is 0 Å². The van der Waals surface area contributed by atoms with Gasteiger partial charge in [-0.05, 0) is 37.3 Å². The summed E-state index contributed by atoms with van der Waals surface area (Å²) in [5, 5.41) is 0.952. The Kier molecular flexibility index (Phi) is 4.74. The van der Waals surface area contributed by atoms with Crippen molar-refractivity contribution in [2.45, 2.75) is 13.0 Å². The average molecular weight is 350 g/mol. The van der Waals surface area contributed by atoms with Crippen molar-refractivity contribution < 1.29 is 4.79 Å². The Balaban J connectivity index is 1.74. The number of hydrogen-bond donors (Lipinski definition) is 0. The Morgan fingerprint density at radius 3 is 2.39 bits per heavy atom. The first-order chi connectivity index (χ1) is 11.0. The van der Waals surface area contributed by atoms with Crippen molar-refractivity contribution in [3.63, 3.8) is 0 Å². The van der Waals surface area contributed by atoms with Gasteiger partial charge in [-0.2, -0.15) is 0 Å². The van der Waals surface area contributed by atoms with Crippen LogP contribution in [0.4, 0.5) is 5.69 Å². The molecular weight excluding hydrogens is 333 g/mol. The average Bonchev–Trinajstić information content (AvgIpc) is 2.54. The van der Waals surface area contributed by atoms with Gasteiger partial charge < -0.3 is 9.80 Å². The SMILES string of the molecule is CC1CN(c2ccncc2)CCN1C(=O)c1cc(Cl)cc(Cl)c1. The van der Waals surface area contributed by atoms with Gasteiger partial charge in [0.1, 0.15) is 0 Å². The highest BCUT2D eigenvalue weighted by atomic mass is 35.5. The highest BCUT2D eigenvalue weighted by molar-refractivity contribution is 6.35. The fourth-order valence-corrected chi connectivity index (χ4v) is 3.42. The van der Waals surface area contributed by atoms with E-state index < -0.39 is 0 Å². The van der Waals surface area contributed by atoms with Crippen molar-refractivity contribution >= 4 is 34.8 Å². The molecule has 3 rings (SSSR count). The van der Waals surface area contributed by atoms with Crippen LogP contribution < -0.4 is 4.90 Å². The largest absolute Gasteiger partial charge is 0.368 e. The van der Waals surface area contributed by atoms with E-state index >= 15 is 0 Å². The van der Waals surface area contributed by atoms with Crippen LogP contribution in [0.5, 0.6) is 0 Å². The quantitative estimate of drug-likeness (QED) is 0.828. The van der Waals surface area contributed by atoms with E-state index in [0.717, 1.165) is 18.8 Å². The zero-order valence-electron chi connectivity index (χ0n) is 12.7.